The lowest BCUT2D eigenvalue weighted by molar-refractivity contribution is 0.401. The number of ether oxygens (including phenoxy) is 1. The molecule has 0 saturated carbocycles. The summed E-state index contributed by atoms with van der Waals surface area (Å²) in [7, 11) is 3.49. The molecule has 2 aromatic heterocycles. The Morgan fingerprint density at radius 3 is 2.94 bits per heavy atom. The quantitative estimate of drug-likeness (QED) is 0.824. The molecule has 0 radical (unpaired) electrons. The van der Waals surface area contributed by atoms with Gasteiger partial charge in [-0.2, -0.15) is 4.98 Å². The maximum atomic E-state index is 5.68. The molecule has 2 rings (SSSR count). The number of aromatic nitrogens is 3. The van der Waals surface area contributed by atoms with Crippen LogP contribution in [0.25, 0.3) is 0 Å². The molecule has 17 heavy (non-hydrogen) atoms. The lowest BCUT2D eigenvalue weighted by Gasteiger charge is -2.08. The van der Waals surface area contributed by atoms with Crippen LogP contribution in [0.4, 0.5) is 11.5 Å². The third-order valence-electron chi connectivity index (χ3n) is 2.43. The molecule has 0 atom stereocenters. The van der Waals surface area contributed by atoms with Crippen molar-refractivity contribution in [3.05, 3.63) is 30.4 Å². The van der Waals surface area contributed by atoms with Gasteiger partial charge in [-0.15, -0.1) is 0 Å². The number of rotatable bonds is 4. The van der Waals surface area contributed by atoms with Crippen LogP contribution in [0.3, 0.4) is 0 Å². The minimum atomic E-state index is 0.426. The van der Waals surface area contributed by atoms with E-state index in [-0.39, 0.29) is 0 Å². The summed E-state index contributed by atoms with van der Waals surface area (Å²) < 4.78 is 7.00. The number of methoxy groups -OCH3 is 1. The molecule has 0 aliphatic carbocycles. The molecule has 0 aromatic carbocycles. The van der Waals surface area contributed by atoms with Crippen molar-refractivity contribution in [3.63, 3.8) is 0 Å². The summed E-state index contributed by atoms with van der Waals surface area (Å²) in [6, 6.07) is 3.56. The topological polar surface area (TPSA) is 78.0 Å². The van der Waals surface area contributed by atoms with Crippen molar-refractivity contribution in [2.24, 2.45) is 7.05 Å². The third-order valence-corrected chi connectivity index (χ3v) is 2.43. The third kappa shape index (κ3) is 2.47. The molecule has 0 aliphatic heterocycles. The molecule has 2 aromatic rings. The first-order chi connectivity index (χ1) is 8.20. The predicted molar refractivity (Wildman–Crippen MR) is 65.7 cm³/mol. The van der Waals surface area contributed by atoms with Gasteiger partial charge in [-0.3, -0.25) is 0 Å². The molecule has 90 valence electrons. The summed E-state index contributed by atoms with van der Waals surface area (Å²) >= 11 is 0. The lowest BCUT2D eigenvalue weighted by atomic mass is 10.4. The van der Waals surface area contributed by atoms with Gasteiger partial charge in [-0.05, 0) is 12.1 Å². The Bertz CT molecular complexity index is 508. The number of nitrogen functional groups attached to an aromatic ring is 1. The summed E-state index contributed by atoms with van der Waals surface area (Å²) in [6.07, 6.45) is 3.65. The van der Waals surface area contributed by atoms with Gasteiger partial charge in [0.2, 0.25) is 5.88 Å². The predicted octanol–water partition coefficient (Wildman–Crippen LogP) is 1.02. The minimum absolute atomic E-state index is 0.426. The molecule has 0 bridgehead atoms. The fourth-order valence-corrected chi connectivity index (χ4v) is 1.45. The van der Waals surface area contributed by atoms with Gasteiger partial charge < -0.3 is 20.4 Å². The van der Waals surface area contributed by atoms with Crippen LogP contribution in [-0.4, -0.2) is 21.6 Å². The minimum Gasteiger partial charge on any atom is -0.479 e. The fraction of sp³-hybridized carbons (Fsp3) is 0.273. The maximum absolute atomic E-state index is 5.68. The Balaban J connectivity index is 2.07. The van der Waals surface area contributed by atoms with Crippen LogP contribution in [0.5, 0.6) is 5.88 Å². The van der Waals surface area contributed by atoms with E-state index in [4.69, 9.17) is 10.5 Å². The molecule has 3 N–H and O–H groups in total. The van der Waals surface area contributed by atoms with E-state index in [0.29, 0.717) is 23.9 Å². The van der Waals surface area contributed by atoms with E-state index in [2.05, 4.69) is 15.3 Å². The zero-order valence-corrected chi connectivity index (χ0v) is 9.84. The van der Waals surface area contributed by atoms with E-state index in [1.807, 2.05) is 17.8 Å². The van der Waals surface area contributed by atoms with Crippen molar-refractivity contribution in [1.82, 2.24) is 14.5 Å². The zero-order chi connectivity index (χ0) is 12.3. The summed E-state index contributed by atoms with van der Waals surface area (Å²) in [5, 5.41) is 3.16. The monoisotopic (exact) mass is 233 g/mol. The normalized spacial score (nSPS) is 10.2. The van der Waals surface area contributed by atoms with E-state index < -0.39 is 0 Å². The average molecular weight is 233 g/mol. The summed E-state index contributed by atoms with van der Waals surface area (Å²) in [5.41, 5.74) is 6.21. The number of aryl methyl sites for hydroxylation is 1. The van der Waals surface area contributed by atoms with Gasteiger partial charge in [-0.25, -0.2) is 4.98 Å². The van der Waals surface area contributed by atoms with E-state index in [9.17, 15) is 0 Å². The second-order valence-electron chi connectivity index (χ2n) is 3.60. The molecule has 0 amide bonds. The molecule has 2 heterocycles. The number of nitrogens with two attached hydrogens (primary N) is 1. The number of hydrogen-bond acceptors (Lipinski definition) is 5. The fourth-order valence-electron chi connectivity index (χ4n) is 1.45. The number of anilines is 2. The lowest BCUT2D eigenvalue weighted by Crippen LogP contribution is -2.07. The Hall–Kier alpha value is -2.24. The number of pyridine rings is 1. The molecule has 0 spiro atoms. The van der Waals surface area contributed by atoms with Crippen LogP contribution < -0.4 is 15.8 Å². The van der Waals surface area contributed by atoms with E-state index in [1.165, 1.54) is 0 Å². The van der Waals surface area contributed by atoms with Gasteiger partial charge >= 0.3 is 0 Å². The average Bonchev–Trinajstić information content (AvgIpc) is 2.74. The standard InChI is InChI=1S/C11H15N5O/c1-16-6-5-13-10(16)7-14-9-4-3-8(12)11(15-9)17-2/h3-6H,7,12H2,1-2H3,(H,14,15). The summed E-state index contributed by atoms with van der Waals surface area (Å²) in [6.45, 7) is 0.601. The molecule has 0 saturated heterocycles. The van der Waals surface area contributed by atoms with Crippen molar-refractivity contribution < 1.29 is 4.74 Å². The number of imidazole rings is 1. The van der Waals surface area contributed by atoms with E-state index >= 15 is 0 Å². The van der Waals surface area contributed by atoms with Gasteiger partial charge in [0.15, 0.2) is 0 Å². The van der Waals surface area contributed by atoms with Crippen molar-refractivity contribution in [1.29, 1.82) is 0 Å². The van der Waals surface area contributed by atoms with Gasteiger partial charge in [0.05, 0.1) is 19.3 Å². The second kappa shape index (κ2) is 4.73. The molecule has 0 unspecified atom stereocenters. The smallest absolute Gasteiger partial charge is 0.238 e. The van der Waals surface area contributed by atoms with Crippen molar-refractivity contribution in [2.45, 2.75) is 6.54 Å². The molecule has 6 heteroatoms. The molecule has 0 fully saturated rings. The zero-order valence-electron chi connectivity index (χ0n) is 9.84. The first-order valence-corrected chi connectivity index (χ1v) is 5.21. The Morgan fingerprint density at radius 1 is 1.47 bits per heavy atom. The first kappa shape index (κ1) is 11.3. The highest BCUT2D eigenvalue weighted by Crippen LogP contribution is 2.20. The van der Waals surface area contributed by atoms with Crippen molar-refractivity contribution in [2.75, 3.05) is 18.2 Å². The maximum Gasteiger partial charge on any atom is 0.238 e. The molecule has 0 aliphatic rings. The van der Waals surface area contributed by atoms with Crippen LogP contribution in [0.1, 0.15) is 5.82 Å². The van der Waals surface area contributed by atoms with Crippen LogP contribution in [-0.2, 0) is 13.6 Å². The van der Waals surface area contributed by atoms with Gasteiger partial charge in [0, 0.05) is 19.4 Å². The molecule has 6 nitrogen and oxygen atoms in total. The number of hydrogen-bond donors (Lipinski definition) is 2. The van der Waals surface area contributed by atoms with Gasteiger partial charge in [0.25, 0.3) is 0 Å². The summed E-state index contributed by atoms with van der Waals surface area (Å²) in [5.74, 6) is 2.07. The number of nitrogens with one attached hydrogen (secondary N) is 1. The van der Waals surface area contributed by atoms with Crippen LogP contribution >= 0.6 is 0 Å². The van der Waals surface area contributed by atoms with E-state index in [1.54, 1.807) is 25.4 Å². The SMILES string of the molecule is COc1nc(NCc2nccn2C)ccc1N. The highest BCUT2D eigenvalue weighted by atomic mass is 16.5. The highest BCUT2D eigenvalue weighted by Gasteiger charge is 2.04. The summed E-state index contributed by atoms with van der Waals surface area (Å²) in [4.78, 5) is 8.43. The number of nitrogens with zero attached hydrogens (tertiary/aromatic N) is 3. The van der Waals surface area contributed by atoms with Crippen LogP contribution in [0.15, 0.2) is 24.5 Å². The van der Waals surface area contributed by atoms with Crippen molar-refractivity contribution >= 4 is 11.5 Å². The second-order valence-corrected chi connectivity index (χ2v) is 3.60. The molecular formula is C11H15N5O. The van der Waals surface area contributed by atoms with E-state index in [0.717, 1.165) is 5.82 Å². The van der Waals surface area contributed by atoms with Crippen LogP contribution in [0.2, 0.25) is 0 Å². The molecular weight excluding hydrogens is 218 g/mol. The Kier molecular flexibility index (Phi) is 3.13. The Labute approximate surface area is 99.4 Å². The van der Waals surface area contributed by atoms with Crippen molar-refractivity contribution in [3.8, 4) is 5.88 Å². The van der Waals surface area contributed by atoms with Gasteiger partial charge in [0.1, 0.15) is 11.6 Å². The first-order valence-electron chi connectivity index (χ1n) is 5.21. The Morgan fingerprint density at radius 2 is 2.29 bits per heavy atom. The van der Waals surface area contributed by atoms with Crippen LogP contribution in [0, 0.1) is 0 Å². The highest BCUT2D eigenvalue weighted by molar-refractivity contribution is 5.53. The van der Waals surface area contributed by atoms with Gasteiger partial charge in [-0.1, -0.05) is 0 Å². The largest absolute Gasteiger partial charge is 0.479 e.